The molecule has 0 amide bonds. The third-order valence-electron chi connectivity index (χ3n) is 4.85. The van der Waals surface area contributed by atoms with E-state index in [0.717, 1.165) is 5.92 Å². The Hall–Kier alpha value is 0.700. The van der Waals surface area contributed by atoms with Gasteiger partial charge in [-0.2, -0.15) is 25.3 Å². The second kappa shape index (κ2) is 2.20. The molecule has 0 N–H and O–H groups in total. The largest absolute Gasteiger partial charge is 0.161 e. The van der Waals surface area contributed by atoms with Gasteiger partial charge in [-0.1, -0.05) is 20.8 Å². The molecular weight excluding hydrogens is 184 g/mol. The van der Waals surface area contributed by atoms with Crippen LogP contribution in [-0.4, -0.2) is 4.08 Å². The van der Waals surface area contributed by atoms with E-state index in [1.165, 1.54) is 19.3 Å². The molecule has 0 radical (unpaired) electrons. The summed E-state index contributed by atoms with van der Waals surface area (Å²) in [6, 6.07) is 0. The number of thiol groups is 2. The van der Waals surface area contributed by atoms with E-state index in [0.29, 0.717) is 10.8 Å². The smallest absolute Gasteiger partial charge is 0.0613 e. The van der Waals surface area contributed by atoms with Crippen molar-refractivity contribution >= 4 is 25.3 Å². The minimum atomic E-state index is -0.0284. The fourth-order valence-electron chi connectivity index (χ4n) is 3.24. The Morgan fingerprint density at radius 3 is 1.92 bits per heavy atom. The fraction of sp³-hybridized carbons (Fsp3) is 1.00. The van der Waals surface area contributed by atoms with Crippen molar-refractivity contribution in [3.05, 3.63) is 0 Å². The van der Waals surface area contributed by atoms with Crippen LogP contribution in [0.2, 0.25) is 0 Å². The maximum absolute atomic E-state index is 4.72. The van der Waals surface area contributed by atoms with E-state index >= 15 is 0 Å². The minimum Gasteiger partial charge on any atom is -0.161 e. The third-order valence-corrected chi connectivity index (χ3v) is 6.20. The maximum Gasteiger partial charge on any atom is 0.0613 e. The maximum atomic E-state index is 4.72. The first-order valence-electron chi connectivity index (χ1n) is 4.76. The van der Waals surface area contributed by atoms with Gasteiger partial charge in [0.05, 0.1) is 4.08 Å². The van der Waals surface area contributed by atoms with Gasteiger partial charge in [0.1, 0.15) is 0 Å². The lowest BCUT2D eigenvalue weighted by Crippen LogP contribution is -2.39. The average Bonchev–Trinajstić information content (AvgIpc) is 2.18. The van der Waals surface area contributed by atoms with Crippen LogP contribution in [0.4, 0.5) is 0 Å². The lowest BCUT2D eigenvalue weighted by molar-refractivity contribution is 0.150. The van der Waals surface area contributed by atoms with Crippen LogP contribution in [0.25, 0.3) is 0 Å². The quantitative estimate of drug-likeness (QED) is 0.436. The zero-order valence-electron chi connectivity index (χ0n) is 8.09. The molecule has 2 saturated carbocycles. The van der Waals surface area contributed by atoms with Crippen LogP contribution in [0.1, 0.15) is 40.0 Å². The van der Waals surface area contributed by atoms with Crippen LogP contribution in [0.5, 0.6) is 0 Å². The molecule has 0 aromatic carbocycles. The first-order chi connectivity index (χ1) is 5.31. The number of fused-ring (bicyclic) bond motifs is 2. The first-order valence-corrected chi connectivity index (χ1v) is 5.65. The van der Waals surface area contributed by atoms with Gasteiger partial charge in [0.15, 0.2) is 0 Å². The van der Waals surface area contributed by atoms with Gasteiger partial charge in [0, 0.05) is 0 Å². The lowest BCUT2D eigenvalue weighted by atomic mass is 9.70. The molecule has 2 atom stereocenters. The highest BCUT2D eigenvalue weighted by Gasteiger charge is 2.66. The molecular formula is C10H18S2. The summed E-state index contributed by atoms with van der Waals surface area (Å²) in [6.07, 6.45) is 3.87. The molecule has 0 aliphatic heterocycles. The van der Waals surface area contributed by atoms with Crippen molar-refractivity contribution in [2.45, 2.75) is 44.1 Å². The van der Waals surface area contributed by atoms with Crippen molar-refractivity contribution in [3.8, 4) is 0 Å². The van der Waals surface area contributed by atoms with Gasteiger partial charge in [-0.3, -0.25) is 0 Å². The number of hydrogen-bond acceptors (Lipinski definition) is 2. The SMILES string of the molecule is CC1(C)[C@@H]2CC[C@]1(C)C(S)(S)C2. The lowest BCUT2D eigenvalue weighted by Gasteiger charge is -2.43. The second-order valence-electron chi connectivity index (χ2n) is 5.31. The van der Waals surface area contributed by atoms with Crippen molar-refractivity contribution < 1.29 is 0 Å². The highest BCUT2D eigenvalue weighted by atomic mass is 32.2. The highest BCUT2D eigenvalue weighted by Crippen LogP contribution is 2.72. The van der Waals surface area contributed by atoms with Crippen molar-refractivity contribution in [1.29, 1.82) is 0 Å². The fourth-order valence-corrected chi connectivity index (χ4v) is 4.48. The van der Waals surface area contributed by atoms with Crippen LogP contribution in [0.15, 0.2) is 0 Å². The molecule has 2 heteroatoms. The van der Waals surface area contributed by atoms with E-state index in [-0.39, 0.29) is 4.08 Å². The topological polar surface area (TPSA) is 0 Å². The van der Waals surface area contributed by atoms with Crippen molar-refractivity contribution in [2.75, 3.05) is 0 Å². The van der Waals surface area contributed by atoms with Crippen LogP contribution in [0, 0.1) is 16.7 Å². The average molecular weight is 202 g/mol. The standard InChI is InChI=1S/C10H18S2/c1-8(2)7-4-5-9(8,3)10(11,12)6-7/h7,11-12H,4-6H2,1-3H3/t7-,9+/m1/s1. The zero-order valence-corrected chi connectivity index (χ0v) is 9.88. The molecule has 2 rings (SSSR count). The summed E-state index contributed by atoms with van der Waals surface area (Å²) < 4.78 is -0.0284. The Morgan fingerprint density at radius 2 is 1.75 bits per heavy atom. The summed E-state index contributed by atoms with van der Waals surface area (Å²) in [6.45, 7) is 7.14. The summed E-state index contributed by atoms with van der Waals surface area (Å²) in [7, 11) is 0. The Morgan fingerprint density at radius 1 is 1.17 bits per heavy atom. The van der Waals surface area contributed by atoms with Crippen molar-refractivity contribution in [2.24, 2.45) is 16.7 Å². The molecule has 0 spiro atoms. The normalized spacial score (nSPS) is 48.2. The van der Waals surface area contributed by atoms with Crippen LogP contribution < -0.4 is 0 Å². The van der Waals surface area contributed by atoms with Gasteiger partial charge in [-0.25, -0.2) is 0 Å². The van der Waals surface area contributed by atoms with Crippen LogP contribution in [0.3, 0.4) is 0 Å². The molecule has 2 bridgehead atoms. The van der Waals surface area contributed by atoms with Crippen molar-refractivity contribution in [1.82, 2.24) is 0 Å². The van der Waals surface area contributed by atoms with Gasteiger partial charge in [-0.05, 0) is 36.0 Å². The molecule has 0 heterocycles. The predicted molar refractivity (Wildman–Crippen MR) is 59.9 cm³/mol. The van der Waals surface area contributed by atoms with E-state index in [9.17, 15) is 0 Å². The second-order valence-corrected chi connectivity index (χ2v) is 7.19. The Bertz CT molecular complexity index is 220. The van der Waals surface area contributed by atoms with Gasteiger partial charge < -0.3 is 0 Å². The predicted octanol–water partition coefficient (Wildman–Crippen LogP) is 3.39. The summed E-state index contributed by atoms with van der Waals surface area (Å²) >= 11 is 9.44. The molecule has 0 aromatic heterocycles. The van der Waals surface area contributed by atoms with E-state index in [2.05, 4.69) is 20.8 Å². The molecule has 12 heavy (non-hydrogen) atoms. The summed E-state index contributed by atoms with van der Waals surface area (Å²) in [5.41, 5.74) is 0.771. The van der Waals surface area contributed by atoms with E-state index in [1.54, 1.807) is 0 Å². The zero-order chi connectivity index (χ0) is 9.20. The molecule has 2 fully saturated rings. The van der Waals surface area contributed by atoms with Crippen LogP contribution in [-0.2, 0) is 0 Å². The molecule has 0 nitrogen and oxygen atoms in total. The Kier molecular flexibility index (Phi) is 1.69. The first kappa shape index (κ1) is 9.26. The highest BCUT2D eigenvalue weighted by molar-refractivity contribution is 8.00. The summed E-state index contributed by atoms with van der Waals surface area (Å²) in [4.78, 5) is 0. The van der Waals surface area contributed by atoms with E-state index in [4.69, 9.17) is 25.3 Å². The molecule has 0 aromatic rings. The molecule has 70 valence electrons. The van der Waals surface area contributed by atoms with Gasteiger partial charge in [-0.15, -0.1) is 0 Å². The van der Waals surface area contributed by atoms with Gasteiger partial charge >= 0.3 is 0 Å². The molecule has 2 aliphatic rings. The monoisotopic (exact) mass is 202 g/mol. The minimum absolute atomic E-state index is 0.0284. The van der Waals surface area contributed by atoms with Crippen LogP contribution >= 0.6 is 25.3 Å². The third kappa shape index (κ3) is 0.790. The summed E-state index contributed by atoms with van der Waals surface area (Å²) in [5, 5.41) is 0. The number of hydrogen-bond donors (Lipinski definition) is 2. The Labute approximate surface area is 86.3 Å². The number of rotatable bonds is 0. The van der Waals surface area contributed by atoms with Gasteiger partial charge in [0.25, 0.3) is 0 Å². The molecule has 0 unspecified atom stereocenters. The van der Waals surface area contributed by atoms with Crippen molar-refractivity contribution in [3.63, 3.8) is 0 Å². The molecule has 0 saturated heterocycles. The van der Waals surface area contributed by atoms with E-state index < -0.39 is 0 Å². The van der Waals surface area contributed by atoms with E-state index in [1.807, 2.05) is 0 Å². The summed E-state index contributed by atoms with van der Waals surface area (Å²) in [5.74, 6) is 0.845. The Balaban J connectivity index is 2.47. The molecule has 2 aliphatic carbocycles. The van der Waals surface area contributed by atoms with Gasteiger partial charge in [0.2, 0.25) is 0 Å².